The zero-order valence-electron chi connectivity index (χ0n) is 14.7. The molecular weight excluding hydrogens is 476 g/mol. The minimum Gasteiger partial charge on any atom is -0.383 e. The number of nitrogen functional groups attached to an aromatic ring is 1. The molecule has 30 heavy (non-hydrogen) atoms. The highest BCUT2D eigenvalue weighted by Crippen LogP contribution is 2.40. The van der Waals surface area contributed by atoms with E-state index in [1.54, 1.807) is 24.3 Å². The Kier molecular flexibility index (Phi) is 5.52. The van der Waals surface area contributed by atoms with Crippen molar-refractivity contribution in [3.05, 3.63) is 69.7 Å². The summed E-state index contributed by atoms with van der Waals surface area (Å²) in [4.78, 5) is 3.88. The highest BCUT2D eigenvalue weighted by molar-refractivity contribution is 9.10. The van der Waals surface area contributed by atoms with Gasteiger partial charge >= 0.3 is 12.4 Å². The Hall–Kier alpha value is -3.06. The summed E-state index contributed by atoms with van der Waals surface area (Å²) in [5.41, 5.74) is 2.86. The first-order valence-electron chi connectivity index (χ1n) is 8.17. The third kappa shape index (κ3) is 4.26. The normalized spacial score (nSPS) is 11.9. The Balaban J connectivity index is 2.32. The lowest BCUT2D eigenvalue weighted by Gasteiger charge is -2.15. The predicted molar refractivity (Wildman–Crippen MR) is 102 cm³/mol. The van der Waals surface area contributed by atoms with E-state index in [1.165, 1.54) is 6.07 Å². The summed E-state index contributed by atoms with van der Waals surface area (Å²) < 4.78 is 79.7. The molecule has 3 aromatic rings. The zero-order valence-corrected chi connectivity index (χ0v) is 16.3. The van der Waals surface area contributed by atoms with Gasteiger partial charge in [0.2, 0.25) is 0 Å². The van der Waals surface area contributed by atoms with Crippen molar-refractivity contribution in [1.29, 1.82) is 5.26 Å². The molecule has 0 aliphatic heterocycles. The van der Waals surface area contributed by atoms with E-state index in [-0.39, 0.29) is 28.7 Å². The van der Waals surface area contributed by atoms with Crippen LogP contribution in [0.5, 0.6) is 0 Å². The molecule has 2 aromatic carbocycles. The molecule has 10 heteroatoms. The maximum atomic E-state index is 13.2. The number of nitrogens with zero attached hydrogens (tertiary/aromatic N) is 2. The number of benzene rings is 2. The van der Waals surface area contributed by atoms with E-state index in [2.05, 4.69) is 20.9 Å². The molecule has 0 saturated heterocycles. The Bertz CT molecular complexity index is 1130. The van der Waals surface area contributed by atoms with E-state index in [4.69, 9.17) is 5.73 Å². The van der Waals surface area contributed by atoms with Crippen LogP contribution in [-0.4, -0.2) is 4.98 Å². The number of anilines is 1. The van der Waals surface area contributed by atoms with Crippen LogP contribution >= 0.6 is 15.9 Å². The summed E-state index contributed by atoms with van der Waals surface area (Å²) in [6.07, 6.45) is -10.0. The van der Waals surface area contributed by atoms with Gasteiger partial charge in [0.05, 0.1) is 16.8 Å². The summed E-state index contributed by atoms with van der Waals surface area (Å²) >= 11 is 3.31. The third-order valence-corrected chi connectivity index (χ3v) is 4.90. The van der Waals surface area contributed by atoms with Crippen molar-refractivity contribution >= 4 is 21.7 Å². The van der Waals surface area contributed by atoms with E-state index < -0.39 is 29.0 Å². The van der Waals surface area contributed by atoms with E-state index >= 15 is 0 Å². The van der Waals surface area contributed by atoms with Crippen molar-refractivity contribution in [2.75, 3.05) is 5.73 Å². The molecule has 0 atom stereocenters. The van der Waals surface area contributed by atoms with Gasteiger partial charge in [-0.25, -0.2) is 4.98 Å². The van der Waals surface area contributed by atoms with Gasteiger partial charge in [-0.2, -0.15) is 31.6 Å². The number of alkyl halides is 6. The van der Waals surface area contributed by atoms with Crippen LogP contribution in [0.25, 0.3) is 22.4 Å². The molecule has 3 rings (SSSR count). The highest BCUT2D eigenvalue weighted by atomic mass is 79.9. The van der Waals surface area contributed by atoms with Crippen molar-refractivity contribution in [3.8, 4) is 28.5 Å². The van der Waals surface area contributed by atoms with Crippen molar-refractivity contribution < 1.29 is 26.3 Å². The van der Waals surface area contributed by atoms with Gasteiger partial charge in [-0.3, -0.25) is 0 Å². The van der Waals surface area contributed by atoms with Gasteiger partial charge in [-0.05, 0) is 35.9 Å². The number of nitrogens with two attached hydrogens (primary N) is 1. The Morgan fingerprint density at radius 3 is 1.93 bits per heavy atom. The van der Waals surface area contributed by atoms with Crippen molar-refractivity contribution in [1.82, 2.24) is 4.98 Å². The van der Waals surface area contributed by atoms with E-state index in [9.17, 15) is 31.6 Å². The number of halogens is 7. The van der Waals surface area contributed by atoms with Gasteiger partial charge in [-0.1, -0.05) is 34.1 Å². The fourth-order valence-corrected chi connectivity index (χ4v) is 3.32. The van der Waals surface area contributed by atoms with E-state index in [1.807, 2.05) is 6.07 Å². The Morgan fingerprint density at radius 2 is 1.43 bits per heavy atom. The third-order valence-electron chi connectivity index (χ3n) is 4.21. The number of aromatic nitrogens is 1. The molecule has 0 spiro atoms. The first kappa shape index (κ1) is 21.6. The lowest BCUT2D eigenvalue weighted by Crippen LogP contribution is -2.11. The summed E-state index contributed by atoms with van der Waals surface area (Å²) in [6, 6.07) is 10.9. The number of hydrogen-bond donors (Lipinski definition) is 1. The molecule has 0 unspecified atom stereocenters. The Morgan fingerprint density at radius 1 is 0.867 bits per heavy atom. The molecule has 0 bridgehead atoms. The van der Waals surface area contributed by atoms with Crippen LogP contribution in [0.1, 0.15) is 16.7 Å². The Labute approximate surface area is 174 Å². The fourth-order valence-electron chi connectivity index (χ4n) is 2.83. The van der Waals surface area contributed by atoms with E-state index in [0.717, 1.165) is 0 Å². The second kappa shape index (κ2) is 7.65. The molecular formula is C20H10BrF6N3. The first-order chi connectivity index (χ1) is 13.9. The zero-order chi connectivity index (χ0) is 22.3. The number of rotatable bonds is 2. The van der Waals surface area contributed by atoms with Crippen LogP contribution in [-0.2, 0) is 12.4 Å². The summed E-state index contributed by atoms with van der Waals surface area (Å²) in [5, 5.41) is 9.43. The van der Waals surface area contributed by atoms with Gasteiger partial charge in [0.15, 0.2) is 0 Å². The quantitative estimate of drug-likeness (QED) is 0.412. The molecule has 0 radical (unpaired) electrons. The maximum absolute atomic E-state index is 13.2. The van der Waals surface area contributed by atoms with Crippen LogP contribution in [0.2, 0.25) is 0 Å². The number of hydrogen-bond acceptors (Lipinski definition) is 3. The molecule has 1 heterocycles. The topological polar surface area (TPSA) is 62.7 Å². The number of pyridine rings is 1. The molecule has 154 valence electrons. The molecule has 0 aliphatic carbocycles. The van der Waals surface area contributed by atoms with Crippen LogP contribution in [0.3, 0.4) is 0 Å². The minimum absolute atomic E-state index is 0.0329. The van der Waals surface area contributed by atoms with Crippen LogP contribution in [0, 0.1) is 11.3 Å². The second-order valence-electron chi connectivity index (χ2n) is 6.20. The fraction of sp³-hybridized carbons (Fsp3) is 0.100. The average Bonchev–Trinajstić information content (AvgIpc) is 2.66. The predicted octanol–water partition coefficient (Wildman–Crippen LogP) is 6.67. The molecule has 0 amide bonds. The monoisotopic (exact) mass is 485 g/mol. The lowest BCUT2D eigenvalue weighted by atomic mass is 9.96. The summed E-state index contributed by atoms with van der Waals surface area (Å²) in [7, 11) is 0. The van der Waals surface area contributed by atoms with Crippen LogP contribution in [0.4, 0.5) is 32.2 Å². The van der Waals surface area contributed by atoms with Crippen molar-refractivity contribution in [2.24, 2.45) is 0 Å². The van der Waals surface area contributed by atoms with E-state index in [0.29, 0.717) is 22.2 Å². The maximum Gasteiger partial charge on any atom is 0.416 e. The summed E-state index contributed by atoms with van der Waals surface area (Å²) in [5.74, 6) is -0.313. The lowest BCUT2D eigenvalue weighted by molar-refractivity contribution is -0.143. The van der Waals surface area contributed by atoms with Gasteiger partial charge in [0.1, 0.15) is 17.5 Å². The van der Waals surface area contributed by atoms with Gasteiger partial charge in [-0.15, -0.1) is 0 Å². The molecule has 2 N–H and O–H groups in total. The van der Waals surface area contributed by atoms with Gasteiger partial charge < -0.3 is 5.73 Å². The van der Waals surface area contributed by atoms with Crippen LogP contribution in [0.15, 0.2) is 53.0 Å². The average molecular weight is 486 g/mol. The summed E-state index contributed by atoms with van der Waals surface area (Å²) in [6.45, 7) is 0. The minimum atomic E-state index is -5.00. The van der Waals surface area contributed by atoms with Crippen molar-refractivity contribution in [2.45, 2.75) is 12.4 Å². The van der Waals surface area contributed by atoms with Crippen LogP contribution < -0.4 is 5.73 Å². The SMILES string of the molecule is N#Cc1c(-c2ccccc2Br)cc(-c2cc(C(F)(F)F)cc(C(F)(F)F)c2)nc1N. The largest absolute Gasteiger partial charge is 0.416 e. The molecule has 0 aliphatic rings. The number of nitriles is 1. The smallest absolute Gasteiger partial charge is 0.383 e. The molecule has 0 saturated carbocycles. The first-order valence-corrected chi connectivity index (χ1v) is 8.96. The second-order valence-corrected chi connectivity index (χ2v) is 7.06. The van der Waals surface area contributed by atoms with Gasteiger partial charge in [0, 0.05) is 15.6 Å². The molecule has 3 nitrogen and oxygen atoms in total. The van der Waals surface area contributed by atoms with Gasteiger partial charge in [0.25, 0.3) is 0 Å². The molecule has 1 aromatic heterocycles. The molecule has 0 fully saturated rings. The van der Waals surface area contributed by atoms with Crippen molar-refractivity contribution in [3.63, 3.8) is 0 Å². The highest BCUT2D eigenvalue weighted by Gasteiger charge is 2.37. The standard InChI is InChI=1S/C20H10BrF6N3/c21-16-4-2-1-3-13(16)14-8-17(30-18(29)15(14)9-28)10-5-11(19(22,23)24)7-12(6-10)20(25,26)27/h1-8H,(H2,29,30).